The summed E-state index contributed by atoms with van der Waals surface area (Å²) in [5.41, 5.74) is 9.74. The predicted octanol–water partition coefficient (Wildman–Crippen LogP) is 3.95. The molecular weight excluding hydrogens is 437 g/mol. The summed E-state index contributed by atoms with van der Waals surface area (Å²) in [6, 6.07) is 5.09. The lowest BCUT2D eigenvalue weighted by Crippen LogP contribution is -2.13. The maximum Gasteiger partial charge on any atom is 0.220 e. The van der Waals surface area contributed by atoms with Crippen molar-refractivity contribution in [3.63, 3.8) is 0 Å². The van der Waals surface area contributed by atoms with Gasteiger partial charge in [-0.05, 0) is 29.2 Å². The summed E-state index contributed by atoms with van der Waals surface area (Å²) in [7, 11) is 0. The minimum atomic E-state index is 0.0122. The molecular formula is C21H19Cl2N7O. The SMILES string of the molecule is CC(C)c1c(CC(=O)Cc2cnc(-c3ccnc(N)n3)c(Cl)c2)cnc2cc(Cl)nn12. The Kier molecular flexibility index (Phi) is 5.84. The van der Waals surface area contributed by atoms with E-state index in [4.69, 9.17) is 28.9 Å². The minimum absolute atomic E-state index is 0.0122. The molecule has 0 aliphatic rings. The summed E-state index contributed by atoms with van der Waals surface area (Å²) in [6.07, 6.45) is 5.28. The van der Waals surface area contributed by atoms with Crippen molar-refractivity contribution in [1.29, 1.82) is 0 Å². The van der Waals surface area contributed by atoms with Gasteiger partial charge in [0.05, 0.1) is 16.4 Å². The Morgan fingerprint density at radius 2 is 1.94 bits per heavy atom. The van der Waals surface area contributed by atoms with Gasteiger partial charge in [0, 0.05) is 37.5 Å². The van der Waals surface area contributed by atoms with Gasteiger partial charge in [0.1, 0.15) is 11.5 Å². The summed E-state index contributed by atoms with van der Waals surface area (Å²) in [5.74, 6) is 0.290. The summed E-state index contributed by atoms with van der Waals surface area (Å²) in [5, 5.41) is 5.06. The zero-order chi connectivity index (χ0) is 22.1. The van der Waals surface area contributed by atoms with E-state index in [1.54, 1.807) is 35.1 Å². The lowest BCUT2D eigenvalue weighted by molar-refractivity contribution is -0.117. The van der Waals surface area contributed by atoms with E-state index >= 15 is 0 Å². The number of halogens is 2. The van der Waals surface area contributed by atoms with Crippen molar-refractivity contribution >= 4 is 40.6 Å². The van der Waals surface area contributed by atoms with Crippen LogP contribution in [0.15, 0.2) is 36.8 Å². The highest BCUT2D eigenvalue weighted by Crippen LogP contribution is 2.26. The Bertz CT molecular complexity index is 1290. The number of ketones is 1. The van der Waals surface area contributed by atoms with Gasteiger partial charge in [-0.3, -0.25) is 9.78 Å². The number of nitrogens with two attached hydrogens (primary N) is 1. The van der Waals surface area contributed by atoms with Crippen molar-refractivity contribution in [2.45, 2.75) is 32.6 Å². The number of rotatable bonds is 6. The van der Waals surface area contributed by atoms with E-state index in [9.17, 15) is 4.79 Å². The van der Waals surface area contributed by atoms with Gasteiger partial charge in [0.2, 0.25) is 5.95 Å². The molecule has 4 rings (SSSR count). The van der Waals surface area contributed by atoms with E-state index in [0.717, 1.165) is 11.3 Å². The van der Waals surface area contributed by atoms with Crippen LogP contribution in [0, 0.1) is 0 Å². The van der Waals surface area contributed by atoms with Crippen LogP contribution in [0.5, 0.6) is 0 Å². The highest BCUT2D eigenvalue weighted by atomic mass is 35.5. The van der Waals surface area contributed by atoms with Gasteiger partial charge in [-0.1, -0.05) is 37.0 Å². The fourth-order valence-electron chi connectivity index (χ4n) is 3.48. The first-order chi connectivity index (χ1) is 14.8. The summed E-state index contributed by atoms with van der Waals surface area (Å²) >= 11 is 12.4. The fraction of sp³-hybridized carbons (Fsp3) is 0.238. The normalized spacial score (nSPS) is 11.4. The Morgan fingerprint density at radius 1 is 1.13 bits per heavy atom. The molecule has 31 heavy (non-hydrogen) atoms. The lowest BCUT2D eigenvalue weighted by atomic mass is 9.98. The quantitative estimate of drug-likeness (QED) is 0.468. The number of Topliss-reactive ketones (excluding diaryl/α,β-unsaturated/α-hetero) is 1. The molecule has 0 aliphatic heterocycles. The molecule has 0 fully saturated rings. The van der Waals surface area contributed by atoms with Crippen LogP contribution in [-0.2, 0) is 17.6 Å². The molecule has 4 heterocycles. The van der Waals surface area contributed by atoms with Crippen molar-refractivity contribution in [1.82, 2.24) is 29.5 Å². The Hall–Kier alpha value is -3.10. The van der Waals surface area contributed by atoms with Crippen molar-refractivity contribution in [2.75, 3.05) is 5.73 Å². The van der Waals surface area contributed by atoms with Crippen LogP contribution in [0.25, 0.3) is 17.0 Å². The molecule has 0 aromatic carbocycles. The molecule has 0 saturated heterocycles. The molecule has 10 heteroatoms. The average molecular weight is 456 g/mol. The molecule has 0 aliphatic carbocycles. The Balaban J connectivity index is 1.55. The number of anilines is 1. The highest BCUT2D eigenvalue weighted by Gasteiger charge is 2.18. The zero-order valence-corrected chi connectivity index (χ0v) is 18.4. The van der Waals surface area contributed by atoms with E-state index in [2.05, 4.69) is 25.0 Å². The summed E-state index contributed by atoms with van der Waals surface area (Å²) in [6.45, 7) is 4.08. The van der Waals surface area contributed by atoms with E-state index in [-0.39, 0.29) is 30.5 Å². The van der Waals surface area contributed by atoms with Crippen molar-refractivity contribution in [3.8, 4) is 11.4 Å². The van der Waals surface area contributed by atoms with Crippen LogP contribution < -0.4 is 5.73 Å². The first-order valence-electron chi connectivity index (χ1n) is 9.60. The molecule has 2 N–H and O–H groups in total. The van der Waals surface area contributed by atoms with Crippen LogP contribution in [-0.4, -0.2) is 35.3 Å². The molecule has 0 unspecified atom stereocenters. The van der Waals surface area contributed by atoms with Gasteiger partial charge in [0.25, 0.3) is 0 Å². The number of hydrogen-bond acceptors (Lipinski definition) is 7. The largest absolute Gasteiger partial charge is 0.368 e. The smallest absolute Gasteiger partial charge is 0.220 e. The van der Waals surface area contributed by atoms with E-state index in [0.29, 0.717) is 32.8 Å². The van der Waals surface area contributed by atoms with Crippen LogP contribution in [0.3, 0.4) is 0 Å². The third-order valence-corrected chi connectivity index (χ3v) is 5.19. The second-order valence-corrected chi connectivity index (χ2v) is 8.22. The number of carbonyl (C=O) groups excluding carboxylic acids is 1. The average Bonchev–Trinajstić information content (AvgIpc) is 3.07. The lowest BCUT2D eigenvalue weighted by Gasteiger charge is -2.14. The summed E-state index contributed by atoms with van der Waals surface area (Å²) in [4.78, 5) is 29.6. The van der Waals surface area contributed by atoms with Gasteiger partial charge in [-0.15, -0.1) is 0 Å². The third-order valence-electron chi connectivity index (χ3n) is 4.72. The van der Waals surface area contributed by atoms with Gasteiger partial charge >= 0.3 is 0 Å². The molecule has 158 valence electrons. The standard InChI is InChI=1S/C21H19Cl2N7O/c1-11(2)20-13(10-26-18-8-17(23)29-30(18)20)7-14(31)5-12-6-15(22)19(27-9-12)16-3-4-25-21(24)28-16/h3-4,6,8-11H,5,7H2,1-2H3,(H2,24,25,28). The third kappa shape index (κ3) is 4.50. The second kappa shape index (κ2) is 8.56. The van der Waals surface area contributed by atoms with E-state index in [1.165, 1.54) is 6.20 Å². The number of carbonyl (C=O) groups is 1. The maximum atomic E-state index is 12.8. The van der Waals surface area contributed by atoms with Gasteiger partial charge in [0.15, 0.2) is 10.8 Å². The van der Waals surface area contributed by atoms with Crippen molar-refractivity contribution in [2.24, 2.45) is 0 Å². The van der Waals surface area contributed by atoms with Gasteiger partial charge in [-0.2, -0.15) is 5.10 Å². The first kappa shape index (κ1) is 21.1. The molecule has 0 saturated carbocycles. The Labute approximate surface area is 188 Å². The Morgan fingerprint density at radius 3 is 2.65 bits per heavy atom. The molecule has 4 aromatic heterocycles. The topological polar surface area (TPSA) is 112 Å². The second-order valence-electron chi connectivity index (χ2n) is 7.43. The number of nitrogen functional groups attached to an aromatic ring is 1. The van der Waals surface area contributed by atoms with Crippen LogP contribution >= 0.6 is 23.2 Å². The number of fused-ring (bicyclic) bond motifs is 1. The molecule has 0 atom stereocenters. The number of pyridine rings is 1. The molecule has 0 bridgehead atoms. The maximum absolute atomic E-state index is 12.8. The van der Waals surface area contributed by atoms with Gasteiger partial charge in [-0.25, -0.2) is 19.5 Å². The molecule has 0 amide bonds. The number of aromatic nitrogens is 6. The molecule has 4 aromatic rings. The molecule has 0 spiro atoms. The minimum Gasteiger partial charge on any atom is -0.368 e. The van der Waals surface area contributed by atoms with Crippen molar-refractivity contribution in [3.05, 3.63) is 63.8 Å². The van der Waals surface area contributed by atoms with Crippen LogP contribution in [0.2, 0.25) is 10.2 Å². The van der Waals surface area contributed by atoms with E-state index < -0.39 is 0 Å². The zero-order valence-electron chi connectivity index (χ0n) is 16.9. The molecule has 8 nitrogen and oxygen atoms in total. The predicted molar refractivity (Wildman–Crippen MR) is 119 cm³/mol. The number of nitrogens with zero attached hydrogens (tertiary/aromatic N) is 6. The van der Waals surface area contributed by atoms with Gasteiger partial charge < -0.3 is 5.73 Å². The number of hydrogen-bond donors (Lipinski definition) is 1. The first-order valence-corrected chi connectivity index (χ1v) is 10.4. The monoisotopic (exact) mass is 455 g/mol. The summed E-state index contributed by atoms with van der Waals surface area (Å²) < 4.78 is 1.70. The van der Waals surface area contributed by atoms with E-state index in [1.807, 2.05) is 13.8 Å². The highest BCUT2D eigenvalue weighted by molar-refractivity contribution is 6.33. The molecule has 0 radical (unpaired) electrons. The van der Waals surface area contributed by atoms with Crippen LogP contribution in [0.4, 0.5) is 5.95 Å². The fourth-order valence-corrected chi connectivity index (χ4v) is 3.94. The van der Waals surface area contributed by atoms with Crippen molar-refractivity contribution < 1.29 is 4.79 Å². The van der Waals surface area contributed by atoms with Crippen LogP contribution in [0.1, 0.15) is 36.6 Å².